The Bertz CT molecular complexity index is 1030. The molecule has 0 fully saturated rings. The van der Waals surface area contributed by atoms with E-state index in [-0.39, 0.29) is 17.3 Å². The van der Waals surface area contributed by atoms with Crippen molar-refractivity contribution in [2.75, 3.05) is 6.54 Å². The Balaban J connectivity index is 1.57. The fraction of sp³-hybridized carbons (Fsp3) is 0.263. The molecule has 0 aliphatic rings. The van der Waals surface area contributed by atoms with E-state index in [0.717, 1.165) is 11.1 Å². The molecule has 142 valence electrons. The largest absolute Gasteiger partial charge is 0.263 e. The number of nitrogens with one attached hydrogen (secondary N) is 2. The molecule has 6 nitrogen and oxygen atoms in total. The van der Waals surface area contributed by atoms with Crippen LogP contribution >= 0.6 is 0 Å². The SMILES string of the molecule is Cc1ccc(S(=O)(=O)NCCc2n[nH]c(Cc3ccc(F)cc3)n2)c(C)c1. The van der Waals surface area contributed by atoms with Gasteiger partial charge in [-0.3, -0.25) is 5.10 Å². The quantitative estimate of drug-likeness (QED) is 0.651. The van der Waals surface area contributed by atoms with E-state index in [2.05, 4.69) is 19.9 Å². The molecule has 0 saturated carbocycles. The summed E-state index contributed by atoms with van der Waals surface area (Å²) in [5, 5.41) is 6.94. The number of aromatic nitrogens is 3. The maximum atomic E-state index is 12.9. The van der Waals surface area contributed by atoms with E-state index >= 15 is 0 Å². The predicted molar refractivity (Wildman–Crippen MR) is 100 cm³/mol. The second-order valence-electron chi connectivity index (χ2n) is 6.42. The highest BCUT2D eigenvalue weighted by molar-refractivity contribution is 7.89. The smallest absolute Gasteiger partial charge is 0.240 e. The minimum Gasteiger partial charge on any atom is -0.263 e. The number of aromatic amines is 1. The lowest BCUT2D eigenvalue weighted by molar-refractivity contribution is 0.580. The van der Waals surface area contributed by atoms with Gasteiger partial charge in [-0.25, -0.2) is 22.5 Å². The molecule has 0 saturated heterocycles. The minimum atomic E-state index is -3.57. The van der Waals surface area contributed by atoms with Crippen LogP contribution < -0.4 is 4.72 Å². The van der Waals surface area contributed by atoms with Gasteiger partial charge >= 0.3 is 0 Å². The van der Waals surface area contributed by atoms with Crippen molar-refractivity contribution in [3.63, 3.8) is 0 Å². The molecule has 0 spiro atoms. The highest BCUT2D eigenvalue weighted by atomic mass is 32.2. The summed E-state index contributed by atoms with van der Waals surface area (Å²) in [7, 11) is -3.57. The molecule has 2 aromatic carbocycles. The molecule has 3 aromatic rings. The van der Waals surface area contributed by atoms with Gasteiger partial charge in [0, 0.05) is 19.4 Å². The van der Waals surface area contributed by atoms with E-state index in [1.54, 1.807) is 31.2 Å². The van der Waals surface area contributed by atoms with Crippen LogP contribution in [0.25, 0.3) is 0 Å². The minimum absolute atomic E-state index is 0.198. The zero-order chi connectivity index (χ0) is 19.4. The van der Waals surface area contributed by atoms with Crippen LogP contribution in [-0.2, 0) is 22.9 Å². The van der Waals surface area contributed by atoms with Gasteiger partial charge in [-0.1, -0.05) is 29.8 Å². The van der Waals surface area contributed by atoms with Crippen molar-refractivity contribution in [3.8, 4) is 0 Å². The van der Waals surface area contributed by atoms with Crippen molar-refractivity contribution < 1.29 is 12.8 Å². The molecular formula is C19H21FN4O2S. The Kier molecular flexibility index (Phi) is 5.67. The molecule has 1 aromatic heterocycles. The van der Waals surface area contributed by atoms with Crippen LogP contribution in [0.4, 0.5) is 4.39 Å². The first-order valence-corrected chi connectivity index (χ1v) is 10.0. The van der Waals surface area contributed by atoms with Crippen LogP contribution in [0.3, 0.4) is 0 Å². The van der Waals surface area contributed by atoms with Crippen molar-refractivity contribution in [2.24, 2.45) is 0 Å². The van der Waals surface area contributed by atoms with Crippen molar-refractivity contribution in [2.45, 2.75) is 31.6 Å². The summed E-state index contributed by atoms with van der Waals surface area (Å²) >= 11 is 0. The molecule has 0 amide bonds. The first-order chi connectivity index (χ1) is 12.8. The van der Waals surface area contributed by atoms with Gasteiger partial charge in [-0.05, 0) is 43.2 Å². The third-order valence-electron chi connectivity index (χ3n) is 4.12. The van der Waals surface area contributed by atoms with E-state index in [4.69, 9.17) is 0 Å². The second-order valence-corrected chi connectivity index (χ2v) is 8.15. The van der Waals surface area contributed by atoms with Crippen LogP contribution in [-0.4, -0.2) is 30.1 Å². The maximum Gasteiger partial charge on any atom is 0.240 e. The first-order valence-electron chi connectivity index (χ1n) is 8.55. The van der Waals surface area contributed by atoms with E-state index in [9.17, 15) is 12.8 Å². The monoisotopic (exact) mass is 388 g/mol. The van der Waals surface area contributed by atoms with Crippen LogP contribution in [0.15, 0.2) is 47.4 Å². The zero-order valence-corrected chi connectivity index (χ0v) is 16.0. The Hall–Kier alpha value is -2.58. The van der Waals surface area contributed by atoms with E-state index in [1.165, 1.54) is 12.1 Å². The fourth-order valence-electron chi connectivity index (χ4n) is 2.80. The number of halogens is 1. The van der Waals surface area contributed by atoms with Crippen LogP contribution in [0.2, 0.25) is 0 Å². The molecule has 2 N–H and O–H groups in total. The summed E-state index contributed by atoms with van der Waals surface area (Å²) in [6.45, 7) is 3.89. The lowest BCUT2D eigenvalue weighted by Gasteiger charge is -2.09. The Labute approximate surface area is 157 Å². The molecule has 27 heavy (non-hydrogen) atoms. The number of rotatable bonds is 7. The topological polar surface area (TPSA) is 87.7 Å². The average Bonchev–Trinajstić information content (AvgIpc) is 3.04. The Morgan fingerprint density at radius 1 is 1.11 bits per heavy atom. The number of aryl methyl sites for hydroxylation is 2. The highest BCUT2D eigenvalue weighted by Crippen LogP contribution is 2.16. The van der Waals surface area contributed by atoms with Crippen molar-refractivity contribution in [1.82, 2.24) is 19.9 Å². The highest BCUT2D eigenvalue weighted by Gasteiger charge is 2.16. The average molecular weight is 388 g/mol. The van der Waals surface area contributed by atoms with Gasteiger partial charge in [0.05, 0.1) is 4.90 Å². The molecular weight excluding hydrogens is 367 g/mol. The second kappa shape index (κ2) is 7.98. The number of hydrogen-bond acceptors (Lipinski definition) is 4. The number of H-pyrrole nitrogens is 1. The maximum absolute atomic E-state index is 12.9. The fourth-order valence-corrected chi connectivity index (χ4v) is 4.05. The lowest BCUT2D eigenvalue weighted by atomic mass is 10.1. The molecule has 0 aliphatic carbocycles. The summed E-state index contributed by atoms with van der Waals surface area (Å²) in [4.78, 5) is 4.63. The summed E-state index contributed by atoms with van der Waals surface area (Å²) < 4.78 is 40.4. The molecule has 0 bridgehead atoms. The van der Waals surface area contributed by atoms with Gasteiger partial charge < -0.3 is 0 Å². The summed E-state index contributed by atoms with van der Waals surface area (Å²) in [6.07, 6.45) is 0.867. The van der Waals surface area contributed by atoms with Gasteiger partial charge in [0.25, 0.3) is 0 Å². The zero-order valence-electron chi connectivity index (χ0n) is 15.2. The van der Waals surface area contributed by atoms with E-state index in [0.29, 0.717) is 30.1 Å². The number of benzene rings is 2. The lowest BCUT2D eigenvalue weighted by Crippen LogP contribution is -2.26. The van der Waals surface area contributed by atoms with Crippen molar-refractivity contribution in [1.29, 1.82) is 0 Å². The van der Waals surface area contributed by atoms with Crippen LogP contribution in [0, 0.1) is 19.7 Å². The predicted octanol–water partition coefficient (Wildman–Crippen LogP) is 2.67. The molecule has 0 unspecified atom stereocenters. The van der Waals surface area contributed by atoms with E-state index < -0.39 is 10.0 Å². The number of hydrogen-bond donors (Lipinski definition) is 2. The third-order valence-corrected chi connectivity index (χ3v) is 5.74. The first kappa shape index (κ1) is 19.2. The van der Waals surface area contributed by atoms with Gasteiger partial charge in [-0.2, -0.15) is 5.10 Å². The summed E-state index contributed by atoms with van der Waals surface area (Å²) in [5.74, 6) is 0.886. The van der Waals surface area contributed by atoms with Crippen molar-refractivity contribution >= 4 is 10.0 Å². The number of nitrogens with zero attached hydrogens (tertiary/aromatic N) is 2. The van der Waals surface area contributed by atoms with Crippen molar-refractivity contribution in [3.05, 3.63) is 76.6 Å². The van der Waals surface area contributed by atoms with Crippen LogP contribution in [0.1, 0.15) is 28.3 Å². The molecule has 3 rings (SSSR count). The standard InChI is InChI=1S/C19H21FN4O2S/c1-13-3-8-17(14(2)11-13)27(25,26)21-10-9-18-22-19(24-23-18)12-15-4-6-16(20)7-5-15/h3-8,11,21H,9-10,12H2,1-2H3,(H,22,23,24). The van der Waals surface area contributed by atoms with Gasteiger partial charge in [0.2, 0.25) is 10.0 Å². The molecule has 8 heteroatoms. The molecule has 0 aliphatic heterocycles. The molecule has 0 atom stereocenters. The van der Waals surface area contributed by atoms with Gasteiger partial charge in [-0.15, -0.1) is 0 Å². The molecule has 0 radical (unpaired) electrons. The van der Waals surface area contributed by atoms with Gasteiger partial charge in [0.15, 0.2) is 5.82 Å². The normalized spacial score (nSPS) is 11.7. The summed E-state index contributed by atoms with van der Waals surface area (Å²) in [6, 6.07) is 11.4. The molecule has 1 heterocycles. The van der Waals surface area contributed by atoms with E-state index in [1.807, 2.05) is 13.0 Å². The number of sulfonamides is 1. The van der Waals surface area contributed by atoms with Crippen LogP contribution in [0.5, 0.6) is 0 Å². The Morgan fingerprint density at radius 3 is 2.56 bits per heavy atom. The van der Waals surface area contributed by atoms with Gasteiger partial charge in [0.1, 0.15) is 11.6 Å². The summed E-state index contributed by atoms with van der Waals surface area (Å²) in [5.41, 5.74) is 2.64. The Morgan fingerprint density at radius 2 is 1.85 bits per heavy atom. The third kappa shape index (κ3) is 4.99.